The van der Waals surface area contributed by atoms with Crippen LogP contribution in [0.25, 0.3) is 0 Å². The van der Waals surface area contributed by atoms with E-state index in [4.69, 9.17) is 9.47 Å². The van der Waals surface area contributed by atoms with Gasteiger partial charge in [-0.1, -0.05) is 24.3 Å². The molecule has 4 bridgehead atoms. The smallest absolute Gasteiger partial charge is 0.308 e. The number of hydrogen-bond donors (Lipinski definition) is 2. The number of likely N-dealkylation sites (tertiary alicyclic amines) is 2. The highest BCUT2D eigenvalue weighted by atomic mass is 16.5. The molecule has 2 heterocycles. The molecule has 1 aromatic rings. The minimum Gasteiger partial charge on any atom is -0.497 e. The van der Waals surface area contributed by atoms with Crippen LogP contribution in [0.4, 0.5) is 0 Å². The molecule has 1 aliphatic carbocycles. The largest absolute Gasteiger partial charge is 0.497 e. The highest BCUT2D eigenvalue weighted by Crippen LogP contribution is 2.63. The zero-order valence-corrected chi connectivity index (χ0v) is 25.7. The third kappa shape index (κ3) is 6.25. The first-order chi connectivity index (χ1) is 20.7. The van der Waals surface area contributed by atoms with Gasteiger partial charge in [0.1, 0.15) is 5.75 Å². The van der Waals surface area contributed by atoms with Crippen molar-refractivity contribution in [2.45, 2.75) is 88.9 Å². The van der Waals surface area contributed by atoms with Crippen molar-refractivity contribution < 1.29 is 34.1 Å². The number of allylic oxidation sites excluding steroid dienone is 1. The lowest BCUT2D eigenvalue weighted by Crippen LogP contribution is -2.75. The Morgan fingerprint density at radius 3 is 2.58 bits per heavy atom. The Morgan fingerprint density at radius 2 is 1.95 bits per heavy atom. The number of amides is 2. The topological polar surface area (TPSA) is 117 Å². The summed E-state index contributed by atoms with van der Waals surface area (Å²) >= 11 is 0. The molecule has 236 valence electrons. The monoisotopic (exact) mass is 596 g/mol. The number of ether oxygens (including phenoxy) is 2. The fourth-order valence-corrected chi connectivity index (χ4v) is 8.19. The molecule has 9 heteroatoms. The van der Waals surface area contributed by atoms with Crippen LogP contribution in [0.1, 0.15) is 70.3 Å². The van der Waals surface area contributed by atoms with Crippen molar-refractivity contribution in [3.05, 3.63) is 55.1 Å². The number of aliphatic hydroxyl groups is 2. The van der Waals surface area contributed by atoms with Gasteiger partial charge in [-0.05, 0) is 75.5 Å². The molecule has 1 unspecified atom stereocenters. The molecular weight excluding hydrogens is 548 g/mol. The second-order valence-electron chi connectivity index (χ2n) is 12.4. The van der Waals surface area contributed by atoms with E-state index in [1.807, 2.05) is 34.1 Å². The molecule has 2 saturated heterocycles. The highest BCUT2D eigenvalue weighted by molar-refractivity contribution is 5.87. The van der Waals surface area contributed by atoms with E-state index < -0.39 is 35.0 Å². The minimum absolute atomic E-state index is 0.0554. The number of esters is 1. The summed E-state index contributed by atoms with van der Waals surface area (Å²) in [5, 5.41) is 21.9. The molecule has 43 heavy (non-hydrogen) atoms. The van der Waals surface area contributed by atoms with Crippen LogP contribution in [-0.4, -0.2) is 82.3 Å². The number of benzene rings is 1. The number of nitrogens with zero attached hydrogens (tertiary/aromatic N) is 2. The summed E-state index contributed by atoms with van der Waals surface area (Å²) in [6, 6.07) is 6.88. The van der Waals surface area contributed by atoms with Crippen molar-refractivity contribution in [2.75, 3.05) is 26.9 Å². The van der Waals surface area contributed by atoms with Crippen LogP contribution in [0.5, 0.6) is 5.75 Å². The summed E-state index contributed by atoms with van der Waals surface area (Å²) < 4.78 is 10.8. The van der Waals surface area contributed by atoms with Crippen LogP contribution in [-0.2, 0) is 25.7 Å². The Morgan fingerprint density at radius 1 is 1.21 bits per heavy atom. The summed E-state index contributed by atoms with van der Waals surface area (Å²) in [6.07, 6.45) is 6.51. The maximum absolute atomic E-state index is 14.4. The average Bonchev–Trinajstić information content (AvgIpc) is 3.15. The number of hydrogen-bond acceptors (Lipinski definition) is 7. The first kappa shape index (κ1) is 32.7. The zero-order valence-electron chi connectivity index (χ0n) is 25.7. The van der Waals surface area contributed by atoms with E-state index in [1.54, 1.807) is 26.2 Å². The van der Waals surface area contributed by atoms with Gasteiger partial charge < -0.3 is 29.5 Å². The lowest BCUT2D eigenvalue weighted by Gasteiger charge is -2.63. The van der Waals surface area contributed by atoms with E-state index >= 15 is 0 Å². The second kappa shape index (κ2) is 14.1. The molecule has 2 amide bonds. The van der Waals surface area contributed by atoms with Gasteiger partial charge in [-0.2, -0.15) is 0 Å². The highest BCUT2D eigenvalue weighted by Gasteiger charge is 2.73. The molecule has 9 nitrogen and oxygen atoms in total. The first-order valence-corrected chi connectivity index (χ1v) is 15.6. The molecule has 3 aliphatic rings. The van der Waals surface area contributed by atoms with Gasteiger partial charge in [-0.3, -0.25) is 14.4 Å². The number of carbonyl (C=O) groups is 3. The third-order valence-corrected chi connectivity index (χ3v) is 9.97. The molecule has 2 N–H and O–H groups in total. The maximum atomic E-state index is 14.4. The number of aliphatic hydroxyl groups excluding tert-OH is 2. The first-order valence-electron chi connectivity index (χ1n) is 15.6. The molecular formula is C34H48N2O7. The standard InChI is InChI=1S/C34H48N2O7/c1-5-8-9-11-29(39)35-19-17-28-27-20-33(23-37,18-16-25(38)10-6-2)32(35)34(28,21-30(40)43-7-3)36(31(27)41)22-24-12-14-26(42-4)15-13-24/h5-6,12-15,25,27-28,32,37-38H,1-2,7-11,16-23H2,3-4H3/t25?,27-,28-,32+,33+,34+/m1/s1. The molecule has 3 fully saturated rings. The lowest BCUT2D eigenvalue weighted by molar-refractivity contribution is -0.181. The SMILES string of the molecule is C=CCCCC(=O)N1CC[C@@H]2[C@H]3C[C@](CO)(CCC(O)CC=C)[C@H]1[C@@]2(CC(=O)OCC)N(Cc1ccc(OC)cc1)C3=O. The maximum Gasteiger partial charge on any atom is 0.308 e. The van der Waals surface area contributed by atoms with Crippen molar-refractivity contribution in [1.29, 1.82) is 0 Å². The molecule has 0 aromatic heterocycles. The zero-order chi connectivity index (χ0) is 31.2. The van der Waals surface area contributed by atoms with Gasteiger partial charge in [0.25, 0.3) is 0 Å². The van der Waals surface area contributed by atoms with E-state index in [9.17, 15) is 24.6 Å². The Labute approximate surface area is 255 Å². The van der Waals surface area contributed by atoms with Crippen LogP contribution in [0.3, 0.4) is 0 Å². The molecule has 2 aliphatic heterocycles. The average molecular weight is 597 g/mol. The summed E-state index contributed by atoms with van der Waals surface area (Å²) in [5.74, 6) is -0.430. The number of carbonyl (C=O) groups excluding carboxylic acids is 3. The van der Waals surface area contributed by atoms with Gasteiger partial charge in [0.15, 0.2) is 0 Å². The Bertz CT molecular complexity index is 1170. The van der Waals surface area contributed by atoms with Gasteiger partial charge >= 0.3 is 5.97 Å². The Kier molecular flexibility index (Phi) is 10.7. The molecule has 6 atom stereocenters. The number of unbranched alkanes of at least 4 members (excludes halogenated alkanes) is 1. The van der Waals surface area contributed by atoms with Gasteiger partial charge in [-0.25, -0.2) is 0 Å². The number of piperidine rings is 1. The number of methoxy groups -OCH3 is 1. The Hall–Kier alpha value is -3.17. The molecule has 1 saturated carbocycles. The van der Waals surface area contributed by atoms with Crippen LogP contribution in [0.15, 0.2) is 49.6 Å². The predicted octanol–water partition coefficient (Wildman–Crippen LogP) is 4.02. The van der Waals surface area contributed by atoms with E-state index in [2.05, 4.69) is 13.2 Å². The van der Waals surface area contributed by atoms with E-state index in [0.717, 1.165) is 5.56 Å². The van der Waals surface area contributed by atoms with Gasteiger partial charge in [0.2, 0.25) is 11.8 Å². The van der Waals surface area contributed by atoms with E-state index in [-0.39, 0.29) is 43.9 Å². The molecule has 0 radical (unpaired) electrons. The van der Waals surface area contributed by atoms with Crippen LogP contribution in [0, 0.1) is 17.3 Å². The van der Waals surface area contributed by atoms with Crippen molar-refractivity contribution in [3.8, 4) is 5.75 Å². The summed E-state index contributed by atoms with van der Waals surface area (Å²) in [4.78, 5) is 45.5. The van der Waals surface area contributed by atoms with Crippen molar-refractivity contribution in [2.24, 2.45) is 17.3 Å². The predicted molar refractivity (Wildman–Crippen MR) is 163 cm³/mol. The quantitative estimate of drug-likeness (QED) is 0.168. The van der Waals surface area contributed by atoms with E-state index in [1.165, 1.54) is 0 Å². The fourth-order valence-electron chi connectivity index (χ4n) is 8.19. The van der Waals surface area contributed by atoms with Crippen molar-refractivity contribution in [3.63, 3.8) is 0 Å². The van der Waals surface area contributed by atoms with Gasteiger partial charge in [0.05, 0.1) is 44.4 Å². The van der Waals surface area contributed by atoms with E-state index in [0.29, 0.717) is 63.7 Å². The lowest BCUT2D eigenvalue weighted by atomic mass is 9.51. The van der Waals surface area contributed by atoms with Crippen LogP contribution in [0.2, 0.25) is 0 Å². The number of rotatable bonds is 16. The minimum atomic E-state index is -1.06. The second-order valence-corrected chi connectivity index (χ2v) is 12.4. The molecule has 0 spiro atoms. The summed E-state index contributed by atoms with van der Waals surface area (Å²) in [7, 11) is 1.60. The van der Waals surface area contributed by atoms with Crippen molar-refractivity contribution in [1.82, 2.24) is 9.80 Å². The van der Waals surface area contributed by atoms with Crippen LogP contribution >= 0.6 is 0 Å². The Balaban J connectivity index is 1.86. The molecule has 4 rings (SSSR count). The fraction of sp³-hybridized carbons (Fsp3) is 0.618. The van der Waals surface area contributed by atoms with Crippen LogP contribution < -0.4 is 4.74 Å². The van der Waals surface area contributed by atoms with Gasteiger partial charge in [0, 0.05) is 30.8 Å². The van der Waals surface area contributed by atoms with Crippen molar-refractivity contribution >= 4 is 17.8 Å². The third-order valence-electron chi connectivity index (χ3n) is 9.97. The normalized spacial score (nSPS) is 28.4. The van der Waals surface area contributed by atoms with Gasteiger partial charge in [-0.15, -0.1) is 13.2 Å². The summed E-state index contributed by atoms with van der Waals surface area (Å²) in [6.45, 7) is 9.90. The summed E-state index contributed by atoms with van der Waals surface area (Å²) in [5.41, 5.74) is -1.08. The molecule has 1 aromatic carbocycles.